The molecule has 5 heteroatoms. The van der Waals surface area contributed by atoms with Crippen LogP contribution < -0.4 is 0 Å². The number of carboxylic acids is 1. The maximum Gasteiger partial charge on any atom is 0.355 e. The second kappa shape index (κ2) is 5.02. The molecule has 0 atom stereocenters. The van der Waals surface area contributed by atoms with Gasteiger partial charge in [-0.15, -0.1) is 11.3 Å². The molecule has 96 valence electrons. The van der Waals surface area contributed by atoms with Crippen LogP contribution in [0.3, 0.4) is 0 Å². The first kappa shape index (κ1) is 13.0. The lowest BCUT2D eigenvalue weighted by Crippen LogP contribution is -2.07. The van der Waals surface area contributed by atoms with E-state index in [0.29, 0.717) is 23.5 Å². The lowest BCUT2D eigenvalue weighted by atomic mass is 10.1. The first-order valence-electron chi connectivity index (χ1n) is 6.03. The van der Waals surface area contributed by atoms with E-state index in [4.69, 9.17) is 0 Å². The number of carboxylic acid groups (broad SMARTS) is 1. The van der Waals surface area contributed by atoms with Crippen molar-refractivity contribution in [2.45, 2.75) is 33.6 Å². The number of rotatable bonds is 4. The summed E-state index contributed by atoms with van der Waals surface area (Å²) in [4.78, 5) is 21.8. The van der Waals surface area contributed by atoms with Gasteiger partial charge in [0.2, 0.25) is 0 Å². The summed E-state index contributed by atoms with van der Waals surface area (Å²) < 4.78 is 0. The van der Waals surface area contributed by atoms with E-state index in [1.54, 1.807) is 11.3 Å². The largest absolute Gasteiger partial charge is 0.476 e. The van der Waals surface area contributed by atoms with Crippen LogP contribution in [0.15, 0.2) is 6.07 Å². The van der Waals surface area contributed by atoms with E-state index < -0.39 is 5.97 Å². The van der Waals surface area contributed by atoms with E-state index in [1.807, 2.05) is 13.0 Å². The molecule has 2 heterocycles. The van der Waals surface area contributed by atoms with Crippen LogP contribution in [0.1, 0.15) is 42.0 Å². The van der Waals surface area contributed by atoms with Crippen molar-refractivity contribution in [3.05, 3.63) is 22.5 Å². The van der Waals surface area contributed by atoms with E-state index >= 15 is 0 Å². The molecule has 2 aromatic rings. The van der Waals surface area contributed by atoms with Crippen LogP contribution in [-0.2, 0) is 12.8 Å². The van der Waals surface area contributed by atoms with Crippen molar-refractivity contribution in [1.29, 1.82) is 0 Å². The Labute approximate surface area is 110 Å². The minimum absolute atomic E-state index is 0.131. The smallest absolute Gasteiger partial charge is 0.355 e. The molecule has 0 amide bonds. The van der Waals surface area contributed by atoms with E-state index in [1.165, 1.54) is 0 Å². The molecule has 0 aliphatic carbocycles. The third kappa shape index (κ3) is 2.51. The van der Waals surface area contributed by atoms with E-state index in [0.717, 1.165) is 16.1 Å². The Morgan fingerprint density at radius 2 is 2.17 bits per heavy atom. The molecule has 0 aliphatic heterocycles. The molecule has 0 fully saturated rings. The number of carbonyl (C=O) groups is 1. The van der Waals surface area contributed by atoms with Crippen molar-refractivity contribution in [3.8, 4) is 0 Å². The van der Waals surface area contributed by atoms with Crippen molar-refractivity contribution in [2.24, 2.45) is 5.92 Å². The topological polar surface area (TPSA) is 63.1 Å². The molecule has 4 nitrogen and oxygen atoms in total. The number of aromatic carboxylic acids is 1. The summed E-state index contributed by atoms with van der Waals surface area (Å²) in [6.07, 6.45) is 1.59. The average molecular weight is 264 g/mol. The van der Waals surface area contributed by atoms with Gasteiger partial charge in [-0.25, -0.2) is 14.8 Å². The molecule has 0 unspecified atom stereocenters. The van der Waals surface area contributed by atoms with Gasteiger partial charge in [-0.05, 0) is 18.4 Å². The van der Waals surface area contributed by atoms with Gasteiger partial charge in [-0.2, -0.15) is 0 Å². The van der Waals surface area contributed by atoms with Gasteiger partial charge in [0.15, 0.2) is 5.69 Å². The van der Waals surface area contributed by atoms with Crippen LogP contribution >= 0.6 is 11.3 Å². The van der Waals surface area contributed by atoms with Gasteiger partial charge in [0.05, 0.1) is 0 Å². The molecule has 0 aliphatic rings. The fourth-order valence-corrected chi connectivity index (χ4v) is 2.80. The first-order chi connectivity index (χ1) is 8.51. The van der Waals surface area contributed by atoms with Crippen LogP contribution in [-0.4, -0.2) is 21.0 Å². The fourth-order valence-electron chi connectivity index (χ4n) is 1.81. The van der Waals surface area contributed by atoms with Gasteiger partial charge >= 0.3 is 5.97 Å². The van der Waals surface area contributed by atoms with Crippen molar-refractivity contribution in [3.63, 3.8) is 0 Å². The Hall–Kier alpha value is -1.49. The summed E-state index contributed by atoms with van der Waals surface area (Å²) in [5.74, 6) is 0.0574. The predicted molar refractivity (Wildman–Crippen MR) is 72.3 cm³/mol. The van der Waals surface area contributed by atoms with Gasteiger partial charge in [0.1, 0.15) is 10.7 Å². The second-order valence-corrected chi connectivity index (χ2v) is 5.79. The highest BCUT2D eigenvalue weighted by atomic mass is 32.1. The predicted octanol–water partition coefficient (Wildman–Crippen LogP) is 3.15. The lowest BCUT2D eigenvalue weighted by Gasteiger charge is -2.04. The Morgan fingerprint density at radius 1 is 1.44 bits per heavy atom. The second-order valence-electron chi connectivity index (χ2n) is 4.68. The summed E-state index contributed by atoms with van der Waals surface area (Å²) in [6, 6.07) is 1.89. The van der Waals surface area contributed by atoms with Crippen molar-refractivity contribution >= 4 is 27.5 Å². The SMILES string of the molecule is CCc1cc2c(C(=O)O)nc(CC(C)C)nc2s1. The molecule has 0 saturated carbocycles. The molecule has 2 aromatic heterocycles. The van der Waals surface area contributed by atoms with Crippen LogP contribution in [0.2, 0.25) is 0 Å². The van der Waals surface area contributed by atoms with Gasteiger partial charge in [-0.1, -0.05) is 20.8 Å². The summed E-state index contributed by atoms with van der Waals surface area (Å²) in [6.45, 7) is 6.19. The molecular formula is C13H16N2O2S. The number of fused-ring (bicyclic) bond motifs is 1. The summed E-state index contributed by atoms with van der Waals surface area (Å²) in [5, 5.41) is 9.90. The Morgan fingerprint density at radius 3 is 2.72 bits per heavy atom. The summed E-state index contributed by atoms with van der Waals surface area (Å²) in [7, 11) is 0. The highest BCUT2D eigenvalue weighted by Crippen LogP contribution is 2.27. The normalized spacial score (nSPS) is 11.3. The molecule has 0 spiro atoms. The third-order valence-corrected chi connectivity index (χ3v) is 3.81. The quantitative estimate of drug-likeness (QED) is 0.921. The zero-order valence-corrected chi connectivity index (χ0v) is 11.5. The van der Waals surface area contributed by atoms with Crippen LogP contribution in [0.4, 0.5) is 0 Å². The monoisotopic (exact) mass is 264 g/mol. The van der Waals surface area contributed by atoms with Gasteiger partial charge in [-0.3, -0.25) is 0 Å². The number of thiophene rings is 1. The average Bonchev–Trinajstić information content (AvgIpc) is 2.69. The standard InChI is InChI=1S/C13H16N2O2S/c1-4-8-6-9-11(13(16)17)14-10(5-7(2)3)15-12(9)18-8/h6-7H,4-5H2,1-3H3,(H,16,17). The van der Waals surface area contributed by atoms with Crippen LogP contribution in [0.5, 0.6) is 0 Å². The van der Waals surface area contributed by atoms with E-state index in [2.05, 4.69) is 23.8 Å². The fraction of sp³-hybridized carbons (Fsp3) is 0.462. The van der Waals surface area contributed by atoms with Crippen molar-refractivity contribution in [2.75, 3.05) is 0 Å². The highest BCUT2D eigenvalue weighted by molar-refractivity contribution is 7.18. The van der Waals surface area contributed by atoms with Gasteiger partial charge in [0, 0.05) is 16.7 Å². The number of hydrogen-bond donors (Lipinski definition) is 1. The third-order valence-electron chi connectivity index (χ3n) is 2.63. The molecule has 0 radical (unpaired) electrons. The maximum atomic E-state index is 11.3. The van der Waals surface area contributed by atoms with Crippen LogP contribution in [0.25, 0.3) is 10.2 Å². The zero-order valence-electron chi connectivity index (χ0n) is 10.7. The molecule has 0 bridgehead atoms. The minimum atomic E-state index is -0.979. The van der Waals surface area contributed by atoms with Gasteiger partial charge < -0.3 is 5.11 Å². The summed E-state index contributed by atoms with van der Waals surface area (Å²) >= 11 is 1.56. The highest BCUT2D eigenvalue weighted by Gasteiger charge is 2.16. The first-order valence-corrected chi connectivity index (χ1v) is 6.85. The molecular weight excluding hydrogens is 248 g/mol. The van der Waals surface area contributed by atoms with E-state index in [-0.39, 0.29) is 5.69 Å². The number of aromatic nitrogens is 2. The van der Waals surface area contributed by atoms with Crippen molar-refractivity contribution < 1.29 is 9.90 Å². The molecule has 1 N–H and O–H groups in total. The number of nitrogens with zero attached hydrogens (tertiary/aromatic N) is 2. The maximum absolute atomic E-state index is 11.3. The van der Waals surface area contributed by atoms with Crippen LogP contribution in [0, 0.1) is 5.92 Å². The molecule has 2 rings (SSSR count). The lowest BCUT2D eigenvalue weighted by molar-refractivity contribution is 0.0692. The van der Waals surface area contributed by atoms with Crippen molar-refractivity contribution in [1.82, 2.24) is 9.97 Å². The molecule has 18 heavy (non-hydrogen) atoms. The Bertz CT molecular complexity index is 590. The molecule has 0 saturated heterocycles. The number of hydrogen-bond acceptors (Lipinski definition) is 4. The zero-order chi connectivity index (χ0) is 13.3. The minimum Gasteiger partial charge on any atom is -0.476 e. The summed E-state index contributed by atoms with van der Waals surface area (Å²) in [5.41, 5.74) is 0.131. The molecule has 0 aromatic carbocycles. The van der Waals surface area contributed by atoms with Gasteiger partial charge in [0.25, 0.3) is 0 Å². The Kier molecular flexibility index (Phi) is 3.61. The van der Waals surface area contributed by atoms with E-state index in [9.17, 15) is 9.90 Å². The Balaban J connectivity index is 2.60. The number of aryl methyl sites for hydroxylation is 1.